The summed E-state index contributed by atoms with van der Waals surface area (Å²) in [5, 5.41) is 6.34. The highest BCUT2D eigenvalue weighted by Crippen LogP contribution is 2.24. The van der Waals surface area contributed by atoms with Crippen LogP contribution in [-0.2, 0) is 4.74 Å². The Bertz CT molecular complexity index is 242. The van der Waals surface area contributed by atoms with Crippen molar-refractivity contribution in [3.05, 3.63) is 11.6 Å². The average molecular weight is 184 g/mol. The third-order valence-corrected chi connectivity index (χ3v) is 2.75. The molecule has 3 nitrogen and oxygen atoms in total. The number of rotatable bonds is 2. The standard InChI is InChI=1S/C8H12N2OS/c1-8(2-4-11-6-8)10-7-9-3-5-12-7/h3,5H,2,4,6H2,1H3,(H,9,10). The van der Waals surface area contributed by atoms with Crippen molar-refractivity contribution in [2.75, 3.05) is 18.5 Å². The highest BCUT2D eigenvalue weighted by molar-refractivity contribution is 7.13. The first-order valence-corrected chi connectivity index (χ1v) is 4.92. The van der Waals surface area contributed by atoms with E-state index < -0.39 is 0 Å². The molecule has 0 aliphatic carbocycles. The molecule has 1 unspecified atom stereocenters. The highest BCUT2D eigenvalue weighted by atomic mass is 32.1. The number of aromatic nitrogens is 1. The van der Waals surface area contributed by atoms with E-state index in [2.05, 4.69) is 17.2 Å². The van der Waals surface area contributed by atoms with Crippen LogP contribution in [0, 0.1) is 0 Å². The van der Waals surface area contributed by atoms with Gasteiger partial charge in [0.05, 0.1) is 12.1 Å². The van der Waals surface area contributed by atoms with Gasteiger partial charge >= 0.3 is 0 Å². The maximum Gasteiger partial charge on any atom is 0.183 e. The first kappa shape index (κ1) is 8.01. The molecule has 4 heteroatoms. The third-order valence-electron chi connectivity index (χ3n) is 2.06. The topological polar surface area (TPSA) is 34.2 Å². The first-order valence-electron chi connectivity index (χ1n) is 4.04. The summed E-state index contributed by atoms with van der Waals surface area (Å²) in [5.74, 6) is 0. The molecule has 12 heavy (non-hydrogen) atoms. The van der Waals surface area contributed by atoms with Gasteiger partial charge in [-0.05, 0) is 13.3 Å². The van der Waals surface area contributed by atoms with Gasteiger partial charge in [0.1, 0.15) is 0 Å². The Morgan fingerprint density at radius 3 is 3.25 bits per heavy atom. The molecule has 1 atom stereocenters. The van der Waals surface area contributed by atoms with Crippen molar-refractivity contribution in [2.24, 2.45) is 0 Å². The fraction of sp³-hybridized carbons (Fsp3) is 0.625. The lowest BCUT2D eigenvalue weighted by molar-refractivity contribution is 0.185. The monoisotopic (exact) mass is 184 g/mol. The molecule has 1 saturated heterocycles. The Hall–Kier alpha value is -0.610. The predicted octanol–water partition coefficient (Wildman–Crippen LogP) is 1.73. The van der Waals surface area contributed by atoms with Gasteiger partial charge in [0.2, 0.25) is 0 Å². The van der Waals surface area contributed by atoms with Crippen molar-refractivity contribution in [3.8, 4) is 0 Å². The second-order valence-corrected chi connectivity index (χ2v) is 4.22. The molecule has 2 rings (SSSR count). The molecule has 0 radical (unpaired) electrons. The van der Waals surface area contributed by atoms with Crippen LogP contribution in [-0.4, -0.2) is 23.7 Å². The molecule has 1 aromatic rings. The molecule has 0 amide bonds. The molecular weight excluding hydrogens is 172 g/mol. The van der Waals surface area contributed by atoms with Crippen molar-refractivity contribution < 1.29 is 4.74 Å². The van der Waals surface area contributed by atoms with E-state index in [1.807, 2.05) is 11.6 Å². The summed E-state index contributed by atoms with van der Waals surface area (Å²) in [7, 11) is 0. The number of thiazole rings is 1. The number of ether oxygens (including phenoxy) is 1. The van der Waals surface area contributed by atoms with Gasteiger partial charge in [-0.15, -0.1) is 11.3 Å². The SMILES string of the molecule is CC1(Nc2nccs2)CCOC1. The molecule has 0 aromatic carbocycles. The van der Waals surface area contributed by atoms with Gasteiger partial charge in [0, 0.05) is 18.2 Å². The lowest BCUT2D eigenvalue weighted by Crippen LogP contribution is -2.34. The molecule has 1 fully saturated rings. The molecule has 1 aromatic heterocycles. The Kier molecular flexibility index (Phi) is 2.02. The Morgan fingerprint density at radius 1 is 1.75 bits per heavy atom. The Morgan fingerprint density at radius 2 is 2.67 bits per heavy atom. The van der Waals surface area contributed by atoms with Crippen LogP contribution in [0.1, 0.15) is 13.3 Å². The van der Waals surface area contributed by atoms with E-state index in [1.54, 1.807) is 11.3 Å². The smallest absolute Gasteiger partial charge is 0.183 e. The minimum atomic E-state index is 0.0951. The maximum absolute atomic E-state index is 5.32. The van der Waals surface area contributed by atoms with E-state index in [1.165, 1.54) is 0 Å². The molecule has 66 valence electrons. The van der Waals surface area contributed by atoms with Crippen molar-refractivity contribution in [1.82, 2.24) is 4.98 Å². The van der Waals surface area contributed by atoms with E-state index in [9.17, 15) is 0 Å². The summed E-state index contributed by atoms with van der Waals surface area (Å²) >= 11 is 1.63. The zero-order chi connectivity index (χ0) is 8.44. The normalized spacial score (nSPS) is 29.1. The highest BCUT2D eigenvalue weighted by Gasteiger charge is 2.29. The van der Waals surface area contributed by atoms with Crippen LogP contribution in [0.25, 0.3) is 0 Å². The minimum Gasteiger partial charge on any atom is -0.379 e. The van der Waals surface area contributed by atoms with Gasteiger partial charge in [-0.2, -0.15) is 0 Å². The molecule has 1 N–H and O–H groups in total. The summed E-state index contributed by atoms with van der Waals surface area (Å²) in [5.41, 5.74) is 0.0951. The lowest BCUT2D eigenvalue weighted by atomic mass is 10.0. The number of anilines is 1. The molecule has 0 spiro atoms. The summed E-state index contributed by atoms with van der Waals surface area (Å²) in [6, 6.07) is 0. The zero-order valence-corrected chi connectivity index (χ0v) is 7.86. The second-order valence-electron chi connectivity index (χ2n) is 3.33. The quantitative estimate of drug-likeness (QED) is 0.760. The van der Waals surface area contributed by atoms with Gasteiger partial charge in [-0.1, -0.05) is 0 Å². The van der Waals surface area contributed by atoms with Gasteiger partial charge in [-0.25, -0.2) is 4.98 Å². The summed E-state index contributed by atoms with van der Waals surface area (Å²) in [6.45, 7) is 3.81. The van der Waals surface area contributed by atoms with Gasteiger partial charge in [0.25, 0.3) is 0 Å². The van der Waals surface area contributed by atoms with Crippen LogP contribution in [0.5, 0.6) is 0 Å². The van der Waals surface area contributed by atoms with E-state index >= 15 is 0 Å². The van der Waals surface area contributed by atoms with Crippen LogP contribution in [0.3, 0.4) is 0 Å². The van der Waals surface area contributed by atoms with Crippen LogP contribution in [0.2, 0.25) is 0 Å². The summed E-state index contributed by atoms with van der Waals surface area (Å²) < 4.78 is 5.32. The van der Waals surface area contributed by atoms with E-state index in [0.29, 0.717) is 0 Å². The van der Waals surface area contributed by atoms with Crippen LogP contribution in [0.15, 0.2) is 11.6 Å². The van der Waals surface area contributed by atoms with Crippen LogP contribution in [0.4, 0.5) is 5.13 Å². The maximum atomic E-state index is 5.32. The van der Waals surface area contributed by atoms with Crippen molar-refractivity contribution in [2.45, 2.75) is 18.9 Å². The van der Waals surface area contributed by atoms with Crippen molar-refractivity contribution >= 4 is 16.5 Å². The van der Waals surface area contributed by atoms with Gasteiger partial charge in [-0.3, -0.25) is 0 Å². The number of hydrogen-bond donors (Lipinski definition) is 1. The lowest BCUT2D eigenvalue weighted by Gasteiger charge is -2.22. The zero-order valence-electron chi connectivity index (χ0n) is 7.04. The predicted molar refractivity (Wildman–Crippen MR) is 49.6 cm³/mol. The average Bonchev–Trinajstić information content (AvgIpc) is 2.62. The second kappa shape index (κ2) is 3.03. The fourth-order valence-corrected chi connectivity index (χ4v) is 1.99. The largest absolute Gasteiger partial charge is 0.379 e. The van der Waals surface area contributed by atoms with E-state index in [-0.39, 0.29) is 5.54 Å². The molecule has 0 bridgehead atoms. The number of nitrogens with one attached hydrogen (secondary N) is 1. The molecular formula is C8H12N2OS. The Labute approximate surface area is 75.8 Å². The van der Waals surface area contributed by atoms with E-state index in [0.717, 1.165) is 24.8 Å². The van der Waals surface area contributed by atoms with Gasteiger partial charge < -0.3 is 10.1 Å². The Balaban J connectivity index is 2.02. The molecule has 0 saturated carbocycles. The molecule has 1 aliphatic heterocycles. The first-order chi connectivity index (χ1) is 5.79. The van der Waals surface area contributed by atoms with E-state index in [4.69, 9.17) is 4.74 Å². The third kappa shape index (κ3) is 1.59. The fourth-order valence-electron chi connectivity index (χ4n) is 1.31. The summed E-state index contributed by atoms with van der Waals surface area (Å²) in [4.78, 5) is 4.18. The minimum absolute atomic E-state index is 0.0951. The van der Waals surface area contributed by atoms with Crippen molar-refractivity contribution in [3.63, 3.8) is 0 Å². The number of hydrogen-bond acceptors (Lipinski definition) is 4. The van der Waals surface area contributed by atoms with Crippen molar-refractivity contribution in [1.29, 1.82) is 0 Å². The van der Waals surface area contributed by atoms with Crippen LogP contribution >= 0.6 is 11.3 Å². The molecule has 2 heterocycles. The number of nitrogens with zero attached hydrogens (tertiary/aromatic N) is 1. The van der Waals surface area contributed by atoms with Crippen LogP contribution < -0.4 is 5.32 Å². The molecule has 1 aliphatic rings. The summed E-state index contributed by atoms with van der Waals surface area (Å²) in [6.07, 6.45) is 2.87. The van der Waals surface area contributed by atoms with Gasteiger partial charge in [0.15, 0.2) is 5.13 Å².